The molecule has 0 aromatic heterocycles. The molecule has 90 valence electrons. The maximum absolute atomic E-state index is 11.9. The molecule has 1 aromatic rings. The van der Waals surface area contributed by atoms with Crippen LogP contribution in [0.3, 0.4) is 0 Å². The number of fused-ring (bicyclic) bond motifs is 1. The molecule has 1 fully saturated rings. The van der Waals surface area contributed by atoms with Crippen molar-refractivity contribution in [3.63, 3.8) is 0 Å². The first-order chi connectivity index (χ1) is 8.24. The number of anilines is 1. The number of carbonyl (C=O) groups is 1. The second-order valence-electron chi connectivity index (χ2n) is 4.24. The first kappa shape index (κ1) is 10.8. The zero-order valence-electron chi connectivity index (χ0n) is 9.49. The quantitative estimate of drug-likeness (QED) is 0.873. The Morgan fingerprint density at radius 3 is 2.71 bits per heavy atom. The molecule has 2 heterocycles. The molecule has 1 aromatic carbocycles. The van der Waals surface area contributed by atoms with Crippen LogP contribution in [0.2, 0.25) is 0 Å². The zero-order valence-corrected chi connectivity index (χ0v) is 10.3. The standard InChI is InChI=1S/C12H13NO3S/c1-7-2-10-11(16-6-15-10)3-9(7)13-12(14)8-4-17-5-8/h2-3,8H,4-6H2,1H3,(H,13,14). The Morgan fingerprint density at radius 1 is 1.35 bits per heavy atom. The van der Waals surface area contributed by atoms with Crippen LogP contribution in [0.25, 0.3) is 0 Å². The smallest absolute Gasteiger partial charge is 0.231 e. The average Bonchev–Trinajstić information content (AvgIpc) is 2.62. The number of hydrogen-bond acceptors (Lipinski definition) is 4. The summed E-state index contributed by atoms with van der Waals surface area (Å²) in [6.07, 6.45) is 0. The van der Waals surface area contributed by atoms with E-state index in [1.54, 1.807) is 11.8 Å². The van der Waals surface area contributed by atoms with E-state index in [0.29, 0.717) is 5.75 Å². The van der Waals surface area contributed by atoms with Crippen LogP contribution in [0.4, 0.5) is 5.69 Å². The summed E-state index contributed by atoms with van der Waals surface area (Å²) in [6, 6.07) is 3.73. The summed E-state index contributed by atoms with van der Waals surface area (Å²) in [4.78, 5) is 11.9. The summed E-state index contributed by atoms with van der Waals surface area (Å²) >= 11 is 1.80. The predicted octanol–water partition coefficient (Wildman–Crippen LogP) is 2.03. The Kier molecular flexibility index (Phi) is 2.63. The second-order valence-corrected chi connectivity index (χ2v) is 5.32. The highest BCUT2D eigenvalue weighted by atomic mass is 32.2. The lowest BCUT2D eigenvalue weighted by Crippen LogP contribution is -2.32. The van der Waals surface area contributed by atoms with Gasteiger partial charge >= 0.3 is 0 Å². The molecule has 1 amide bonds. The van der Waals surface area contributed by atoms with Crippen LogP contribution in [0.1, 0.15) is 5.56 Å². The molecule has 0 unspecified atom stereocenters. The number of thioether (sulfide) groups is 1. The molecule has 5 heteroatoms. The Bertz CT molecular complexity index is 471. The molecule has 2 aliphatic heterocycles. The van der Waals surface area contributed by atoms with Gasteiger partial charge in [-0.1, -0.05) is 0 Å². The predicted molar refractivity (Wildman–Crippen MR) is 66.7 cm³/mol. The van der Waals surface area contributed by atoms with Crippen molar-refractivity contribution in [2.24, 2.45) is 5.92 Å². The maximum atomic E-state index is 11.9. The van der Waals surface area contributed by atoms with E-state index in [1.807, 2.05) is 19.1 Å². The fourth-order valence-corrected chi connectivity index (χ4v) is 2.57. The van der Waals surface area contributed by atoms with Crippen molar-refractivity contribution < 1.29 is 14.3 Å². The lowest BCUT2D eigenvalue weighted by molar-refractivity contribution is -0.118. The van der Waals surface area contributed by atoms with Crippen molar-refractivity contribution in [1.29, 1.82) is 0 Å². The highest BCUT2D eigenvalue weighted by Crippen LogP contribution is 2.37. The summed E-state index contributed by atoms with van der Waals surface area (Å²) in [6.45, 7) is 2.21. The van der Waals surface area contributed by atoms with E-state index in [-0.39, 0.29) is 18.6 Å². The highest BCUT2D eigenvalue weighted by Gasteiger charge is 2.26. The van der Waals surface area contributed by atoms with Gasteiger partial charge in [-0.2, -0.15) is 11.8 Å². The first-order valence-electron chi connectivity index (χ1n) is 5.53. The number of benzene rings is 1. The molecular formula is C12H13NO3S. The molecule has 0 aliphatic carbocycles. The topological polar surface area (TPSA) is 47.6 Å². The summed E-state index contributed by atoms with van der Waals surface area (Å²) in [5, 5.41) is 2.95. The summed E-state index contributed by atoms with van der Waals surface area (Å²) < 4.78 is 10.6. The van der Waals surface area contributed by atoms with Crippen LogP contribution in [-0.2, 0) is 4.79 Å². The molecule has 2 aliphatic rings. The molecular weight excluding hydrogens is 238 g/mol. The summed E-state index contributed by atoms with van der Waals surface area (Å²) in [7, 11) is 0. The van der Waals surface area contributed by atoms with Crippen molar-refractivity contribution in [3.05, 3.63) is 17.7 Å². The van der Waals surface area contributed by atoms with E-state index in [4.69, 9.17) is 9.47 Å². The molecule has 0 radical (unpaired) electrons. The highest BCUT2D eigenvalue weighted by molar-refractivity contribution is 8.00. The normalized spacial score (nSPS) is 17.7. The minimum absolute atomic E-state index is 0.103. The molecule has 0 bridgehead atoms. The molecule has 1 saturated heterocycles. The molecule has 1 N–H and O–H groups in total. The molecule has 3 rings (SSSR count). The molecule has 0 saturated carbocycles. The summed E-state index contributed by atoms with van der Waals surface area (Å²) in [5.74, 6) is 3.56. The SMILES string of the molecule is Cc1cc2c(cc1NC(=O)C1CSC1)OCO2. The van der Waals surface area contributed by atoms with E-state index >= 15 is 0 Å². The third-order valence-electron chi connectivity index (χ3n) is 2.99. The molecule has 4 nitrogen and oxygen atoms in total. The van der Waals surface area contributed by atoms with Crippen molar-refractivity contribution in [2.75, 3.05) is 23.6 Å². The third-order valence-corrected chi connectivity index (χ3v) is 4.26. The fraction of sp³-hybridized carbons (Fsp3) is 0.417. The van der Waals surface area contributed by atoms with E-state index in [1.165, 1.54) is 0 Å². The van der Waals surface area contributed by atoms with Gasteiger partial charge in [0.15, 0.2) is 11.5 Å². The van der Waals surface area contributed by atoms with Crippen molar-refractivity contribution in [2.45, 2.75) is 6.92 Å². The fourth-order valence-electron chi connectivity index (χ4n) is 1.80. The minimum atomic E-state index is 0.103. The number of aryl methyl sites for hydroxylation is 1. The van der Waals surface area contributed by atoms with Crippen LogP contribution >= 0.6 is 11.8 Å². The van der Waals surface area contributed by atoms with Crippen molar-refractivity contribution >= 4 is 23.4 Å². The van der Waals surface area contributed by atoms with Crippen LogP contribution < -0.4 is 14.8 Å². The summed E-state index contributed by atoms with van der Waals surface area (Å²) in [5.41, 5.74) is 1.81. The van der Waals surface area contributed by atoms with Crippen molar-refractivity contribution in [1.82, 2.24) is 0 Å². The van der Waals surface area contributed by atoms with Gasteiger partial charge in [0, 0.05) is 23.3 Å². The van der Waals surface area contributed by atoms with E-state index in [0.717, 1.165) is 28.5 Å². The third kappa shape index (κ3) is 1.95. The van der Waals surface area contributed by atoms with Gasteiger partial charge in [-0.15, -0.1) is 0 Å². The number of carbonyl (C=O) groups excluding carboxylic acids is 1. The Balaban J connectivity index is 1.80. The number of ether oxygens (including phenoxy) is 2. The van der Waals surface area contributed by atoms with E-state index < -0.39 is 0 Å². The van der Waals surface area contributed by atoms with Crippen LogP contribution in [0, 0.1) is 12.8 Å². The van der Waals surface area contributed by atoms with Crippen LogP contribution in [0.15, 0.2) is 12.1 Å². The second kappa shape index (κ2) is 4.14. The van der Waals surface area contributed by atoms with E-state index in [9.17, 15) is 4.79 Å². The Labute approximate surface area is 104 Å². The van der Waals surface area contributed by atoms with Gasteiger partial charge in [-0.05, 0) is 18.6 Å². The molecule has 0 spiro atoms. The van der Waals surface area contributed by atoms with Gasteiger partial charge in [-0.25, -0.2) is 0 Å². The molecule has 17 heavy (non-hydrogen) atoms. The largest absolute Gasteiger partial charge is 0.454 e. The van der Waals surface area contributed by atoms with Gasteiger partial charge in [0.1, 0.15) is 0 Å². The van der Waals surface area contributed by atoms with Gasteiger partial charge in [-0.3, -0.25) is 4.79 Å². The van der Waals surface area contributed by atoms with Gasteiger partial charge in [0.05, 0.1) is 5.92 Å². The Hall–Kier alpha value is -1.36. The van der Waals surface area contributed by atoms with E-state index in [2.05, 4.69) is 5.32 Å². The van der Waals surface area contributed by atoms with Gasteiger partial charge < -0.3 is 14.8 Å². The van der Waals surface area contributed by atoms with Crippen LogP contribution in [-0.4, -0.2) is 24.2 Å². The number of hydrogen-bond donors (Lipinski definition) is 1. The lowest BCUT2D eigenvalue weighted by Gasteiger charge is -2.24. The van der Waals surface area contributed by atoms with Gasteiger partial charge in [0.2, 0.25) is 12.7 Å². The maximum Gasteiger partial charge on any atom is 0.231 e. The monoisotopic (exact) mass is 251 g/mol. The minimum Gasteiger partial charge on any atom is -0.454 e. The lowest BCUT2D eigenvalue weighted by atomic mass is 10.1. The van der Waals surface area contributed by atoms with Crippen molar-refractivity contribution in [3.8, 4) is 11.5 Å². The number of nitrogens with one attached hydrogen (secondary N) is 1. The van der Waals surface area contributed by atoms with Gasteiger partial charge in [0.25, 0.3) is 0 Å². The zero-order chi connectivity index (χ0) is 11.8. The Morgan fingerprint density at radius 2 is 2.06 bits per heavy atom. The first-order valence-corrected chi connectivity index (χ1v) is 6.68. The molecule has 0 atom stereocenters. The number of amides is 1. The number of rotatable bonds is 2. The average molecular weight is 251 g/mol. The van der Waals surface area contributed by atoms with Crippen LogP contribution in [0.5, 0.6) is 11.5 Å².